The van der Waals surface area contributed by atoms with E-state index in [4.69, 9.17) is 0 Å². The fourth-order valence-corrected chi connectivity index (χ4v) is 1.61. The largest absolute Gasteiger partial charge is 0.416 e. The molecule has 108 valence electrons. The number of hydrogen-bond acceptors (Lipinski definition) is 2. The summed E-state index contributed by atoms with van der Waals surface area (Å²) in [5, 5.41) is 3.65. The fraction of sp³-hybridized carbons (Fsp3) is 0.0667. The van der Waals surface area contributed by atoms with E-state index in [0.717, 1.165) is 18.3 Å². The molecule has 2 aromatic rings. The Morgan fingerprint density at radius 2 is 1.76 bits per heavy atom. The van der Waals surface area contributed by atoms with E-state index in [1.54, 1.807) is 30.3 Å². The van der Waals surface area contributed by atoms with Crippen LogP contribution in [0, 0.1) is 0 Å². The summed E-state index contributed by atoms with van der Waals surface area (Å²) in [5.74, 6) is -0.432. The molecule has 0 aliphatic heterocycles. The number of hydrogen-bond donors (Lipinski definition) is 1. The second-order valence-electron chi connectivity index (χ2n) is 4.19. The van der Waals surface area contributed by atoms with Crippen LogP contribution >= 0.6 is 0 Å². The van der Waals surface area contributed by atoms with Crippen LogP contribution in [-0.2, 0) is 6.18 Å². The molecule has 0 saturated carbocycles. The van der Waals surface area contributed by atoms with Crippen LogP contribution in [0.4, 0.5) is 13.2 Å². The van der Waals surface area contributed by atoms with Gasteiger partial charge in [-0.05, 0) is 29.8 Å². The molecule has 0 aliphatic carbocycles. The summed E-state index contributed by atoms with van der Waals surface area (Å²) in [5.41, 5.74) is 2.16. The lowest BCUT2D eigenvalue weighted by molar-refractivity contribution is -0.137. The van der Waals surface area contributed by atoms with E-state index in [2.05, 4.69) is 10.5 Å². The number of nitrogens with one attached hydrogen (secondary N) is 1. The lowest BCUT2D eigenvalue weighted by atomic mass is 10.1. The van der Waals surface area contributed by atoms with Gasteiger partial charge in [0, 0.05) is 5.56 Å². The Labute approximate surface area is 119 Å². The van der Waals surface area contributed by atoms with Crippen LogP contribution in [0.2, 0.25) is 0 Å². The number of amides is 1. The molecule has 2 aromatic carbocycles. The zero-order valence-electron chi connectivity index (χ0n) is 10.8. The van der Waals surface area contributed by atoms with Crippen molar-refractivity contribution in [2.24, 2.45) is 5.10 Å². The number of benzene rings is 2. The van der Waals surface area contributed by atoms with E-state index in [1.807, 2.05) is 0 Å². The van der Waals surface area contributed by atoms with Crippen LogP contribution in [0.15, 0.2) is 59.7 Å². The first-order valence-corrected chi connectivity index (χ1v) is 6.02. The van der Waals surface area contributed by atoms with Crippen molar-refractivity contribution < 1.29 is 18.0 Å². The molecule has 3 nitrogen and oxygen atoms in total. The highest BCUT2D eigenvalue weighted by Gasteiger charge is 2.30. The minimum atomic E-state index is -4.41. The van der Waals surface area contributed by atoms with Gasteiger partial charge >= 0.3 is 6.18 Å². The van der Waals surface area contributed by atoms with Crippen molar-refractivity contribution in [1.29, 1.82) is 0 Å². The smallest absolute Gasteiger partial charge is 0.267 e. The molecular formula is C15H11F3N2O. The highest BCUT2D eigenvalue weighted by atomic mass is 19.4. The van der Waals surface area contributed by atoms with Gasteiger partial charge in [0.05, 0.1) is 11.8 Å². The van der Waals surface area contributed by atoms with E-state index in [-0.39, 0.29) is 5.56 Å². The van der Waals surface area contributed by atoms with Crippen molar-refractivity contribution >= 4 is 12.1 Å². The topological polar surface area (TPSA) is 41.5 Å². The molecule has 2 rings (SSSR count). The predicted molar refractivity (Wildman–Crippen MR) is 72.9 cm³/mol. The van der Waals surface area contributed by atoms with Crippen LogP contribution in [0.25, 0.3) is 0 Å². The SMILES string of the molecule is O=C(NN=Cc1cccc(C(F)(F)F)c1)c1ccccc1. The summed E-state index contributed by atoms with van der Waals surface area (Å²) >= 11 is 0. The average Bonchev–Trinajstić information content (AvgIpc) is 2.47. The highest BCUT2D eigenvalue weighted by Crippen LogP contribution is 2.29. The summed E-state index contributed by atoms with van der Waals surface area (Å²) in [4.78, 5) is 11.7. The predicted octanol–water partition coefficient (Wildman–Crippen LogP) is 3.47. The molecule has 21 heavy (non-hydrogen) atoms. The Kier molecular flexibility index (Phi) is 4.37. The van der Waals surface area contributed by atoms with Gasteiger partial charge in [0.1, 0.15) is 0 Å². The number of carbonyl (C=O) groups excluding carboxylic acids is 1. The van der Waals surface area contributed by atoms with Crippen molar-refractivity contribution in [2.75, 3.05) is 0 Å². The second-order valence-corrected chi connectivity index (χ2v) is 4.19. The zero-order valence-corrected chi connectivity index (χ0v) is 10.8. The normalized spacial score (nSPS) is 11.6. The van der Waals surface area contributed by atoms with Gasteiger partial charge in [-0.2, -0.15) is 18.3 Å². The van der Waals surface area contributed by atoms with Gasteiger partial charge in [-0.15, -0.1) is 0 Å². The first-order valence-electron chi connectivity index (χ1n) is 6.02. The van der Waals surface area contributed by atoms with Gasteiger partial charge in [0.2, 0.25) is 0 Å². The Morgan fingerprint density at radius 1 is 1.05 bits per heavy atom. The molecule has 1 N–H and O–H groups in total. The third-order valence-corrected chi connectivity index (χ3v) is 2.63. The number of rotatable bonds is 3. The number of halogens is 3. The third kappa shape index (κ3) is 4.17. The monoisotopic (exact) mass is 292 g/mol. The van der Waals surface area contributed by atoms with Crippen molar-refractivity contribution in [3.8, 4) is 0 Å². The van der Waals surface area contributed by atoms with E-state index in [9.17, 15) is 18.0 Å². The lowest BCUT2D eigenvalue weighted by Crippen LogP contribution is -2.17. The van der Waals surface area contributed by atoms with E-state index in [0.29, 0.717) is 5.56 Å². The molecule has 0 bridgehead atoms. The summed E-state index contributed by atoms with van der Waals surface area (Å²) in [6, 6.07) is 13.1. The van der Waals surface area contributed by atoms with Crippen molar-refractivity contribution in [2.45, 2.75) is 6.18 Å². The third-order valence-electron chi connectivity index (χ3n) is 2.63. The number of hydrazone groups is 1. The first kappa shape index (κ1) is 14.8. The maximum absolute atomic E-state index is 12.5. The molecule has 0 atom stereocenters. The van der Waals surface area contributed by atoms with E-state index in [1.165, 1.54) is 12.1 Å². The number of nitrogens with zero attached hydrogens (tertiary/aromatic N) is 1. The quantitative estimate of drug-likeness (QED) is 0.683. The van der Waals surface area contributed by atoms with Crippen LogP contribution in [0.5, 0.6) is 0 Å². The second kappa shape index (κ2) is 6.21. The number of alkyl halides is 3. The molecule has 0 fully saturated rings. The fourth-order valence-electron chi connectivity index (χ4n) is 1.61. The summed E-state index contributed by atoms with van der Waals surface area (Å²) in [6.45, 7) is 0. The maximum atomic E-state index is 12.5. The van der Waals surface area contributed by atoms with Crippen molar-refractivity contribution in [1.82, 2.24) is 5.43 Å². The van der Waals surface area contributed by atoms with E-state index < -0.39 is 17.6 Å². The molecule has 0 radical (unpaired) electrons. The minimum Gasteiger partial charge on any atom is -0.267 e. The van der Waals surface area contributed by atoms with Crippen LogP contribution in [0.3, 0.4) is 0 Å². The van der Waals surface area contributed by atoms with Crippen LogP contribution < -0.4 is 5.43 Å². The minimum absolute atomic E-state index is 0.248. The maximum Gasteiger partial charge on any atom is 0.416 e. The molecule has 0 saturated heterocycles. The van der Waals surface area contributed by atoms with E-state index >= 15 is 0 Å². The molecule has 1 amide bonds. The molecule has 0 spiro atoms. The summed E-state index contributed by atoms with van der Waals surface area (Å²) in [7, 11) is 0. The molecule has 0 aliphatic rings. The van der Waals surface area contributed by atoms with Gasteiger partial charge in [-0.3, -0.25) is 4.79 Å². The molecular weight excluding hydrogens is 281 g/mol. The van der Waals surface area contributed by atoms with Gasteiger partial charge in [0.25, 0.3) is 5.91 Å². The standard InChI is InChI=1S/C15H11F3N2O/c16-15(17,18)13-8-4-5-11(9-13)10-19-20-14(21)12-6-2-1-3-7-12/h1-10H,(H,20,21). The summed E-state index contributed by atoms with van der Waals surface area (Å²) in [6.07, 6.45) is -3.24. The molecule has 0 heterocycles. The molecule has 6 heteroatoms. The van der Waals surface area contributed by atoms with Crippen LogP contribution in [0.1, 0.15) is 21.5 Å². The zero-order chi connectivity index (χ0) is 15.3. The number of carbonyl (C=O) groups is 1. The Morgan fingerprint density at radius 3 is 2.43 bits per heavy atom. The van der Waals surface area contributed by atoms with Crippen molar-refractivity contribution in [3.63, 3.8) is 0 Å². The van der Waals surface area contributed by atoms with Crippen molar-refractivity contribution in [3.05, 3.63) is 71.3 Å². The van der Waals surface area contributed by atoms with Crippen LogP contribution in [-0.4, -0.2) is 12.1 Å². The highest BCUT2D eigenvalue weighted by molar-refractivity contribution is 5.94. The lowest BCUT2D eigenvalue weighted by Gasteiger charge is -2.06. The first-order chi connectivity index (χ1) is 9.97. The Bertz CT molecular complexity index is 651. The van der Waals surface area contributed by atoms with Gasteiger partial charge in [-0.1, -0.05) is 30.3 Å². The molecule has 0 unspecified atom stereocenters. The Hall–Kier alpha value is -2.63. The van der Waals surface area contributed by atoms with Gasteiger partial charge in [0.15, 0.2) is 0 Å². The van der Waals surface area contributed by atoms with Gasteiger partial charge in [-0.25, -0.2) is 5.43 Å². The Balaban J connectivity index is 2.04. The summed E-state index contributed by atoms with van der Waals surface area (Å²) < 4.78 is 37.6. The average molecular weight is 292 g/mol. The van der Waals surface area contributed by atoms with Gasteiger partial charge < -0.3 is 0 Å². The molecule has 0 aromatic heterocycles.